The lowest BCUT2D eigenvalue weighted by molar-refractivity contribution is 0.103. The molecule has 94 valence electrons. The molecule has 1 aromatic carbocycles. The van der Waals surface area contributed by atoms with Gasteiger partial charge in [0.1, 0.15) is 4.88 Å². The van der Waals surface area contributed by atoms with E-state index in [4.69, 9.17) is 4.74 Å². The van der Waals surface area contributed by atoms with Gasteiger partial charge in [0.15, 0.2) is 11.6 Å². The Bertz CT molecular complexity index is 583. The summed E-state index contributed by atoms with van der Waals surface area (Å²) in [6.07, 6.45) is 0. The molecule has 6 heteroatoms. The number of halogens is 1. The van der Waals surface area contributed by atoms with E-state index in [2.05, 4.69) is 10.3 Å². The Kier molecular flexibility index (Phi) is 3.57. The van der Waals surface area contributed by atoms with Crippen molar-refractivity contribution in [2.24, 2.45) is 0 Å². The highest BCUT2D eigenvalue weighted by atomic mass is 32.1. The molecule has 0 aliphatic rings. The first-order valence-corrected chi connectivity index (χ1v) is 6.04. The van der Waals surface area contributed by atoms with Gasteiger partial charge in [-0.3, -0.25) is 4.79 Å². The van der Waals surface area contributed by atoms with Crippen LogP contribution in [-0.4, -0.2) is 18.0 Å². The number of carbonyl (C=O) groups is 1. The molecule has 0 saturated carbocycles. The summed E-state index contributed by atoms with van der Waals surface area (Å²) in [5.74, 6) is -0.637. The molecule has 18 heavy (non-hydrogen) atoms. The second kappa shape index (κ2) is 5.14. The van der Waals surface area contributed by atoms with Gasteiger partial charge >= 0.3 is 0 Å². The van der Waals surface area contributed by atoms with Gasteiger partial charge in [0.25, 0.3) is 5.91 Å². The standard InChI is InChI=1S/C12H11FN2O2S/c1-7-11(18-6-14-7)12(16)15-8-3-4-9(13)10(5-8)17-2/h3-6H,1-2H3,(H,15,16). The Morgan fingerprint density at radius 2 is 2.28 bits per heavy atom. The van der Waals surface area contributed by atoms with Gasteiger partial charge in [-0.15, -0.1) is 11.3 Å². The van der Waals surface area contributed by atoms with Crippen LogP contribution in [0.5, 0.6) is 5.75 Å². The molecular formula is C12H11FN2O2S. The fourth-order valence-electron chi connectivity index (χ4n) is 1.45. The molecule has 0 aliphatic carbocycles. The van der Waals surface area contributed by atoms with Crippen LogP contribution in [0.3, 0.4) is 0 Å². The van der Waals surface area contributed by atoms with E-state index >= 15 is 0 Å². The molecule has 1 amide bonds. The van der Waals surface area contributed by atoms with Gasteiger partial charge in [-0.2, -0.15) is 0 Å². The molecule has 1 aromatic heterocycles. The Labute approximate surface area is 107 Å². The van der Waals surface area contributed by atoms with Crippen molar-refractivity contribution in [2.75, 3.05) is 12.4 Å². The van der Waals surface area contributed by atoms with E-state index in [9.17, 15) is 9.18 Å². The van der Waals surface area contributed by atoms with E-state index in [1.54, 1.807) is 12.4 Å². The maximum absolute atomic E-state index is 13.2. The fourth-order valence-corrected chi connectivity index (χ4v) is 2.14. The third-order valence-corrected chi connectivity index (χ3v) is 3.29. The highest BCUT2D eigenvalue weighted by molar-refractivity contribution is 7.12. The van der Waals surface area contributed by atoms with Crippen LogP contribution in [-0.2, 0) is 0 Å². The Balaban J connectivity index is 2.20. The number of hydrogen-bond acceptors (Lipinski definition) is 4. The molecule has 2 aromatic rings. The van der Waals surface area contributed by atoms with E-state index in [-0.39, 0.29) is 11.7 Å². The van der Waals surface area contributed by atoms with E-state index in [0.717, 1.165) is 0 Å². The zero-order valence-electron chi connectivity index (χ0n) is 9.86. The third-order valence-electron chi connectivity index (χ3n) is 2.36. The Hall–Kier alpha value is -1.95. The molecular weight excluding hydrogens is 255 g/mol. The molecule has 0 fully saturated rings. The Morgan fingerprint density at radius 3 is 2.89 bits per heavy atom. The van der Waals surface area contributed by atoms with Gasteiger partial charge in [0, 0.05) is 11.8 Å². The summed E-state index contributed by atoms with van der Waals surface area (Å²) < 4.78 is 18.0. The van der Waals surface area contributed by atoms with Crippen LogP contribution < -0.4 is 10.1 Å². The molecule has 0 atom stereocenters. The third kappa shape index (κ3) is 2.48. The van der Waals surface area contributed by atoms with Crippen LogP contribution >= 0.6 is 11.3 Å². The smallest absolute Gasteiger partial charge is 0.267 e. The van der Waals surface area contributed by atoms with Gasteiger partial charge in [-0.1, -0.05) is 0 Å². The quantitative estimate of drug-likeness (QED) is 0.929. The van der Waals surface area contributed by atoms with E-state index in [1.807, 2.05) is 0 Å². The van der Waals surface area contributed by atoms with Crippen molar-refractivity contribution in [3.8, 4) is 5.75 Å². The largest absolute Gasteiger partial charge is 0.494 e. The van der Waals surface area contributed by atoms with Gasteiger partial charge in [-0.25, -0.2) is 9.37 Å². The number of rotatable bonds is 3. The zero-order chi connectivity index (χ0) is 13.1. The number of aromatic nitrogens is 1. The topological polar surface area (TPSA) is 51.2 Å². The van der Waals surface area contributed by atoms with Gasteiger partial charge in [0.05, 0.1) is 18.3 Å². The highest BCUT2D eigenvalue weighted by Crippen LogP contribution is 2.22. The molecule has 4 nitrogen and oxygen atoms in total. The summed E-state index contributed by atoms with van der Waals surface area (Å²) in [5, 5.41) is 2.67. The number of thiazole rings is 1. The SMILES string of the molecule is COc1cc(NC(=O)c2scnc2C)ccc1F. The lowest BCUT2D eigenvalue weighted by Gasteiger charge is -2.07. The van der Waals surface area contributed by atoms with E-state index < -0.39 is 5.82 Å². The first-order valence-electron chi connectivity index (χ1n) is 5.17. The minimum atomic E-state index is -0.468. The van der Waals surface area contributed by atoms with Crippen molar-refractivity contribution in [1.29, 1.82) is 0 Å². The second-order valence-corrected chi connectivity index (χ2v) is 4.43. The number of benzene rings is 1. The summed E-state index contributed by atoms with van der Waals surface area (Å²) in [7, 11) is 1.37. The Morgan fingerprint density at radius 1 is 1.50 bits per heavy atom. The summed E-state index contributed by atoms with van der Waals surface area (Å²) in [6.45, 7) is 1.76. The van der Waals surface area contributed by atoms with Crippen molar-refractivity contribution in [3.05, 3.63) is 40.1 Å². The second-order valence-electron chi connectivity index (χ2n) is 3.57. The fraction of sp³-hybridized carbons (Fsp3) is 0.167. The van der Waals surface area contributed by atoms with Crippen LogP contribution in [0.4, 0.5) is 10.1 Å². The van der Waals surface area contributed by atoms with Crippen molar-refractivity contribution < 1.29 is 13.9 Å². The van der Waals surface area contributed by atoms with Crippen LogP contribution in [0.1, 0.15) is 15.4 Å². The minimum Gasteiger partial charge on any atom is -0.494 e. The monoisotopic (exact) mass is 266 g/mol. The van der Waals surface area contributed by atoms with E-state index in [1.165, 1.54) is 36.6 Å². The van der Waals surface area contributed by atoms with Crippen molar-refractivity contribution in [2.45, 2.75) is 6.92 Å². The summed E-state index contributed by atoms with van der Waals surface area (Å²) in [5.41, 5.74) is 2.76. The molecule has 0 bridgehead atoms. The van der Waals surface area contributed by atoms with E-state index in [0.29, 0.717) is 16.3 Å². The average molecular weight is 266 g/mol. The lowest BCUT2D eigenvalue weighted by Crippen LogP contribution is -2.11. The number of ether oxygens (including phenoxy) is 1. The normalized spacial score (nSPS) is 10.2. The predicted octanol–water partition coefficient (Wildman–Crippen LogP) is 2.85. The van der Waals surface area contributed by atoms with Crippen LogP contribution in [0, 0.1) is 12.7 Å². The summed E-state index contributed by atoms with van der Waals surface area (Å²) in [4.78, 5) is 16.4. The van der Waals surface area contributed by atoms with Gasteiger partial charge in [0.2, 0.25) is 0 Å². The predicted molar refractivity (Wildman–Crippen MR) is 67.8 cm³/mol. The molecule has 0 aliphatic heterocycles. The van der Waals surface area contributed by atoms with Crippen LogP contribution in [0.25, 0.3) is 0 Å². The first-order chi connectivity index (χ1) is 8.61. The zero-order valence-corrected chi connectivity index (χ0v) is 10.7. The molecule has 0 saturated heterocycles. The summed E-state index contributed by atoms with van der Waals surface area (Å²) in [6, 6.07) is 4.16. The van der Waals surface area contributed by atoms with Crippen molar-refractivity contribution in [1.82, 2.24) is 4.98 Å². The lowest BCUT2D eigenvalue weighted by atomic mass is 10.2. The maximum Gasteiger partial charge on any atom is 0.267 e. The molecule has 2 rings (SSSR count). The number of nitrogens with zero attached hydrogens (tertiary/aromatic N) is 1. The van der Waals surface area contributed by atoms with Crippen molar-refractivity contribution >= 4 is 22.9 Å². The van der Waals surface area contributed by atoms with Gasteiger partial charge < -0.3 is 10.1 Å². The summed E-state index contributed by atoms with van der Waals surface area (Å²) >= 11 is 1.26. The highest BCUT2D eigenvalue weighted by Gasteiger charge is 2.12. The average Bonchev–Trinajstić information content (AvgIpc) is 2.78. The first kappa shape index (κ1) is 12.5. The number of nitrogens with one attached hydrogen (secondary N) is 1. The van der Waals surface area contributed by atoms with Crippen LogP contribution in [0.2, 0.25) is 0 Å². The number of methoxy groups -OCH3 is 1. The number of hydrogen-bond donors (Lipinski definition) is 1. The minimum absolute atomic E-state index is 0.0915. The number of carbonyl (C=O) groups excluding carboxylic acids is 1. The molecule has 0 unspecified atom stereocenters. The molecule has 1 N–H and O–H groups in total. The molecule has 0 spiro atoms. The number of amides is 1. The van der Waals surface area contributed by atoms with Crippen molar-refractivity contribution in [3.63, 3.8) is 0 Å². The molecule has 0 radical (unpaired) electrons. The number of aryl methyl sites for hydroxylation is 1. The molecule has 1 heterocycles. The number of anilines is 1. The maximum atomic E-state index is 13.2. The van der Waals surface area contributed by atoms with Crippen LogP contribution in [0.15, 0.2) is 23.7 Å². The van der Waals surface area contributed by atoms with Gasteiger partial charge in [-0.05, 0) is 19.1 Å².